The first-order valence-corrected chi connectivity index (χ1v) is 9.96. The molecular weight excluding hydrogens is 310 g/mol. The number of rotatable bonds is 6. The van der Waals surface area contributed by atoms with Gasteiger partial charge in [0, 0.05) is 31.0 Å². The second-order valence-corrected chi connectivity index (χ2v) is 7.94. The van der Waals surface area contributed by atoms with Gasteiger partial charge >= 0.3 is 0 Å². The number of anilines is 2. The minimum absolute atomic E-state index is 0.0929. The van der Waals surface area contributed by atoms with Crippen molar-refractivity contribution in [2.45, 2.75) is 51.9 Å². The van der Waals surface area contributed by atoms with Crippen LogP contribution in [0.4, 0.5) is 11.4 Å². The molecule has 1 aromatic rings. The van der Waals surface area contributed by atoms with E-state index in [0.717, 1.165) is 36.8 Å². The van der Waals surface area contributed by atoms with Crippen LogP contribution in [-0.4, -0.2) is 44.0 Å². The summed E-state index contributed by atoms with van der Waals surface area (Å²) >= 11 is 0. The van der Waals surface area contributed by atoms with Crippen molar-refractivity contribution in [1.29, 1.82) is 0 Å². The third kappa shape index (κ3) is 5.21. The Morgan fingerprint density at radius 1 is 1.16 bits per heavy atom. The second-order valence-electron chi connectivity index (χ2n) is 7.94. The fourth-order valence-electron chi connectivity index (χ4n) is 4.27. The molecule has 1 aliphatic carbocycles. The number of nitrogens with zero attached hydrogens (tertiary/aromatic N) is 2. The average molecular weight is 344 g/mol. The fourth-order valence-corrected chi connectivity index (χ4v) is 4.27. The summed E-state index contributed by atoms with van der Waals surface area (Å²) in [5.74, 6) is 0.864. The van der Waals surface area contributed by atoms with Crippen LogP contribution < -0.4 is 10.2 Å². The van der Waals surface area contributed by atoms with Crippen molar-refractivity contribution in [1.82, 2.24) is 4.90 Å². The van der Waals surface area contributed by atoms with E-state index in [9.17, 15) is 4.79 Å². The summed E-state index contributed by atoms with van der Waals surface area (Å²) < 4.78 is 0. The summed E-state index contributed by atoms with van der Waals surface area (Å²) in [5, 5.41) is 3.10. The smallest absolute Gasteiger partial charge is 0.238 e. The maximum absolute atomic E-state index is 12.4. The lowest BCUT2D eigenvalue weighted by molar-refractivity contribution is -0.117. The summed E-state index contributed by atoms with van der Waals surface area (Å²) in [7, 11) is 2.07. The van der Waals surface area contributed by atoms with Gasteiger partial charge in [-0.1, -0.05) is 19.3 Å². The number of hydrogen-bond acceptors (Lipinski definition) is 3. The van der Waals surface area contributed by atoms with E-state index in [0.29, 0.717) is 6.54 Å². The minimum Gasteiger partial charge on any atom is -0.372 e. The molecule has 1 heterocycles. The quantitative estimate of drug-likeness (QED) is 0.846. The lowest BCUT2D eigenvalue weighted by Gasteiger charge is -2.26. The minimum atomic E-state index is 0.0929. The first kappa shape index (κ1) is 18.2. The number of carbonyl (C=O) groups is 1. The standard InChI is InChI=1S/C21H33N3O/c1-17-14-19(24-12-6-7-13-24)10-11-20(17)22-21(25)16-23(2)15-18-8-4-3-5-9-18/h10-11,14,18H,3-9,12-13,15-16H2,1-2H3,(H,22,25). The highest BCUT2D eigenvalue weighted by atomic mass is 16.2. The summed E-state index contributed by atoms with van der Waals surface area (Å²) in [5.41, 5.74) is 3.37. The summed E-state index contributed by atoms with van der Waals surface area (Å²) in [6.45, 7) is 5.90. The molecule has 138 valence electrons. The number of hydrogen-bond donors (Lipinski definition) is 1. The zero-order chi connectivity index (χ0) is 17.6. The molecule has 2 fully saturated rings. The van der Waals surface area contributed by atoms with Crippen LogP contribution in [0.5, 0.6) is 0 Å². The highest BCUT2D eigenvalue weighted by molar-refractivity contribution is 5.93. The molecule has 25 heavy (non-hydrogen) atoms. The average Bonchev–Trinajstić information content (AvgIpc) is 3.12. The first-order chi connectivity index (χ1) is 12.1. The predicted molar refractivity (Wildman–Crippen MR) is 105 cm³/mol. The van der Waals surface area contributed by atoms with Crippen LogP contribution in [-0.2, 0) is 4.79 Å². The van der Waals surface area contributed by atoms with E-state index in [1.165, 1.54) is 50.6 Å². The van der Waals surface area contributed by atoms with Gasteiger partial charge in [0.05, 0.1) is 6.54 Å². The maximum atomic E-state index is 12.4. The van der Waals surface area contributed by atoms with Crippen molar-refractivity contribution in [2.75, 3.05) is 43.4 Å². The van der Waals surface area contributed by atoms with Gasteiger partial charge in [-0.25, -0.2) is 0 Å². The van der Waals surface area contributed by atoms with E-state index in [4.69, 9.17) is 0 Å². The predicted octanol–water partition coefficient (Wildman–Crippen LogP) is 4.05. The number of aryl methyl sites for hydroxylation is 1. The molecule has 3 rings (SSSR count). The molecule has 1 amide bonds. The second kappa shape index (κ2) is 8.70. The number of carbonyl (C=O) groups excluding carboxylic acids is 1. The van der Waals surface area contributed by atoms with Crippen LogP contribution in [0.15, 0.2) is 18.2 Å². The Morgan fingerprint density at radius 2 is 1.88 bits per heavy atom. The van der Waals surface area contributed by atoms with E-state index in [1.807, 2.05) is 0 Å². The lowest BCUT2D eigenvalue weighted by atomic mass is 9.89. The molecule has 0 unspecified atom stereocenters. The summed E-state index contributed by atoms with van der Waals surface area (Å²) in [6, 6.07) is 6.40. The fraction of sp³-hybridized carbons (Fsp3) is 0.667. The highest BCUT2D eigenvalue weighted by Crippen LogP contribution is 2.26. The Hall–Kier alpha value is -1.55. The van der Waals surface area contributed by atoms with Gasteiger partial charge in [-0.15, -0.1) is 0 Å². The van der Waals surface area contributed by atoms with Crippen LogP contribution in [0, 0.1) is 12.8 Å². The zero-order valence-corrected chi connectivity index (χ0v) is 15.9. The van der Waals surface area contributed by atoms with Crippen molar-refractivity contribution >= 4 is 17.3 Å². The van der Waals surface area contributed by atoms with Crippen LogP contribution in [0.3, 0.4) is 0 Å². The summed E-state index contributed by atoms with van der Waals surface area (Å²) in [4.78, 5) is 17.0. The van der Waals surface area contributed by atoms with Crippen molar-refractivity contribution < 1.29 is 4.79 Å². The normalized spacial score (nSPS) is 18.8. The van der Waals surface area contributed by atoms with E-state index >= 15 is 0 Å². The van der Waals surface area contributed by atoms with Gasteiger partial charge in [0.2, 0.25) is 5.91 Å². The molecular formula is C21H33N3O. The lowest BCUT2D eigenvalue weighted by Crippen LogP contribution is -2.34. The molecule has 0 radical (unpaired) electrons. The SMILES string of the molecule is Cc1cc(N2CCCC2)ccc1NC(=O)CN(C)CC1CCCCC1. The molecule has 1 aromatic carbocycles. The third-order valence-electron chi connectivity index (χ3n) is 5.66. The Kier molecular flexibility index (Phi) is 6.35. The van der Waals surface area contributed by atoms with Crippen molar-refractivity contribution in [3.63, 3.8) is 0 Å². The third-order valence-corrected chi connectivity index (χ3v) is 5.66. The van der Waals surface area contributed by atoms with Gasteiger partial charge in [0.15, 0.2) is 0 Å². The number of amides is 1. The monoisotopic (exact) mass is 343 g/mol. The Morgan fingerprint density at radius 3 is 2.56 bits per heavy atom. The molecule has 1 saturated carbocycles. The van der Waals surface area contributed by atoms with Gasteiger partial charge in [0.1, 0.15) is 0 Å². The number of likely N-dealkylation sites (N-methyl/N-ethyl adjacent to an activating group) is 1. The van der Waals surface area contributed by atoms with Crippen LogP contribution >= 0.6 is 0 Å². The molecule has 0 aromatic heterocycles. The molecule has 2 aliphatic rings. The topological polar surface area (TPSA) is 35.6 Å². The molecule has 0 spiro atoms. The van der Waals surface area contributed by atoms with E-state index in [2.05, 4.69) is 47.3 Å². The maximum Gasteiger partial charge on any atom is 0.238 e. The molecule has 1 aliphatic heterocycles. The van der Waals surface area contributed by atoms with Gasteiger partial charge in [-0.2, -0.15) is 0 Å². The zero-order valence-electron chi connectivity index (χ0n) is 15.9. The van der Waals surface area contributed by atoms with Crippen LogP contribution in [0.2, 0.25) is 0 Å². The molecule has 4 nitrogen and oxygen atoms in total. The Balaban J connectivity index is 1.49. The summed E-state index contributed by atoms with van der Waals surface area (Å²) in [6.07, 6.45) is 9.30. The van der Waals surface area contributed by atoms with Crippen molar-refractivity contribution in [2.24, 2.45) is 5.92 Å². The van der Waals surface area contributed by atoms with E-state index in [1.54, 1.807) is 0 Å². The van der Waals surface area contributed by atoms with Gasteiger partial charge in [0.25, 0.3) is 0 Å². The largest absolute Gasteiger partial charge is 0.372 e. The Bertz CT molecular complexity index is 575. The van der Waals surface area contributed by atoms with Crippen molar-refractivity contribution in [3.8, 4) is 0 Å². The highest BCUT2D eigenvalue weighted by Gasteiger charge is 2.17. The van der Waals surface area contributed by atoms with Gasteiger partial charge in [-0.3, -0.25) is 9.69 Å². The van der Waals surface area contributed by atoms with Crippen LogP contribution in [0.25, 0.3) is 0 Å². The van der Waals surface area contributed by atoms with E-state index < -0.39 is 0 Å². The Labute approximate surface area is 152 Å². The van der Waals surface area contributed by atoms with Gasteiger partial charge < -0.3 is 10.2 Å². The molecule has 1 N–H and O–H groups in total. The van der Waals surface area contributed by atoms with Gasteiger partial charge in [-0.05, 0) is 69.3 Å². The van der Waals surface area contributed by atoms with Crippen molar-refractivity contribution in [3.05, 3.63) is 23.8 Å². The molecule has 4 heteroatoms. The number of nitrogens with one attached hydrogen (secondary N) is 1. The first-order valence-electron chi connectivity index (χ1n) is 9.96. The van der Waals surface area contributed by atoms with E-state index in [-0.39, 0.29) is 5.91 Å². The molecule has 1 saturated heterocycles. The molecule has 0 bridgehead atoms. The number of benzene rings is 1. The molecule has 0 atom stereocenters. The van der Waals surface area contributed by atoms with Crippen LogP contribution in [0.1, 0.15) is 50.5 Å².